The Hall–Kier alpha value is -2.92. The Kier molecular flexibility index (Phi) is 5.49. The Bertz CT molecular complexity index is 885. The fourth-order valence-corrected chi connectivity index (χ4v) is 2.72. The quantitative estimate of drug-likeness (QED) is 0.716. The van der Waals surface area contributed by atoms with Crippen molar-refractivity contribution in [3.05, 3.63) is 83.4 Å². The lowest BCUT2D eigenvalue weighted by Gasteiger charge is -2.08. The molecule has 0 atom stereocenters. The van der Waals surface area contributed by atoms with Crippen LogP contribution in [0.2, 0.25) is 0 Å². The maximum atomic E-state index is 13.8. The summed E-state index contributed by atoms with van der Waals surface area (Å²) < 4.78 is 19.3. The maximum Gasteiger partial charge on any atom is 0.287 e. The van der Waals surface area contributed by atoms with Gasteiger partial charge in [0.1, 0.15) is 18.1 Å². The molecule has 0 fully saturated rings. The van der Waals surface area contributed by atoms with Gasteiger partial charge in [0.05, 0.1) is 19.7 Å². The van der Waals surface area contributed by atoms with E-state index in [1.54, 1.807) is 30.3 Å². The Morgan fingerprint density at radius 1 is 1.00 bits per heavy atom. The van der Waals surface area contributed by atoms with Crippen molar-refractivity contribution in [1.82, 2.24) is 5.32 Å². The number of hydrogen-bond acceptors (Lipinski definition) is 2. The molecule has 0 radical (unpaired) electrons. The molecule has 4 nitrogen and oxygen atoms in total. The smallest absolute Gasteiger partial charge is 0.287 e. The Morgan fingerprint density at radius 3 is 2.38 bits per heavy atom. The van der Waals surface area contributed by atoms with Gasteiger partial charge in [-0.3, -0.25) is 4.79 Å². The van der Waals surface area contributed by atoms with E-state index in [1.165, 1.54) is 16.5 Å². The first-order chi connectivity index (χ1) is 12.5. The van der Waals surface area contributed by atoms with Crippen LogP contribution in [-0.4, -0.2) is 20.0 Å². The standard InChI is InChI=1S/C21H21FN2O2/c1-24(2)14-16-9-7-15(8-10-16)13-23-21(25)20-12-11-19(26-20)17-5-3-4-6-18(17)22/h3-12H,13-14H2,1-2H3,(H,23,25)/p+1. The van der Waals surface area contributed by atoms with Crippen molar-refractivity contribution < 1.29 is 18.5 Å². The second-order valence-corrected chi connectivity index (χ2v) is 6.53. The minimum absolute atomic E-state index is 0.163. The molecule has 2 aromatic carbocycles. The number of carbonyl (C=O) groups is 1. The average Bonchev–Trinajstić information content (AvgIpc) is 3.11. The topological polar surface area (TPSA) is 46.7 Å². The van der Waals surface area contributed by atoms with Gasteiger partial charge in [-0.25, -0.2) is 4.39 Å². The van der Waals surface area contributed by atoms with Crippen LogP contribution in [0.1, 0.15) is 21.7 Å². The summed E-state index contributed by atoms with van der Waals surface area (Å²) in [4.78, 5) is 13.6. The van der Waals surface area contributed by atoms with E-state index < -0.39 is 0 Å². The highest BCUT2D eigenvalue weighted by Gasteiger charge is 2.14. The average molecular weight is 353 g/mol. The molecule has 0 saturated carbocycles. The summed E-state index contributed by atoms with van der Waals surface area (Å²) in [6.07, 6.45) is 0. The van der Waals surface area contributed by atoms with E-state index in [-0.39, 0.29) is 17.5 Å². The molecule has 1 amide bonds. The first-order valence-corrected chi connectivity index (χ1v) is 8.52. The van der Waals surface area contributed by atoms with E-state index >= 15 is 0 Å². The van der Waals surface area contributed by atoms with Crippen molar-refractivity contribution in [3.8, 4) is 11.3 Å². The van der Waals surface area contributed by atoms with Crippen LogP contribution in [0.5, 0.6) is 0 Å². The highest BCUT2D eigenvalue weighted by atomic mass is 19.1. The summed E-state index contributed by atoms with van der Waals surface area (Å²) in [7, 11) is 4.21. The molecule has 0 saturated heterocycles. The Balaban J connectivity index is 1.61. The number of rotatable bonds is 6. The fourth-order valence-electron chi connectivity index (χ4n) is 2.72. The molecule has 1 aromatic heterocycles. The normalized spacial score (nSPS) is 10.9. The molecule has 134 valence electrons. The number of amides is 1. The highest BCUT2D eigenvalue weighted by Crippen LogP contribution is 2.24. The van der Waals surface area contributed by atoms with Crippen LogP contribution in [-0.2, 0) is 13.1 Å². The third kappa shape index (κ3) is 4.37. The molecule has 5 heteroatoms. The second kappa shape index (κ2) is 7.97. The second-order valence-electron chi connectivity index (χ2n) is 6.53. The first-order valence-electron chi connectivity index (χ1n) is 8.52. The number of carbonyl (C=O) groups excluding carboxylic acids is 1. The molecule has 3 rings (SSSR count). The van der Waals surface area contributed by atoms with Crippen LogP contribution in [0.3, 0.4) is 0 Å². The molecule has 1 heterocycles. The molecular formula is C21H22FN2O2+. The van der Waals surface area contributed by atoms with Gasteiger partial charge >= 0.3 is 0 Å². The number of halogens is 1. The fraction of sp³-hybridized carbons (Fsp3) is 0.190. The van der Waals surface area contributed by atoms with E-state index in [0.29, 0.717) is 17.9 Å². The van der Waals surface area contributed by atoms with Gasteiger partial charge in [0.25, 0.3) is 5.91 Å². The van der Waals surface area contributed by atoms with E-state index in [4.69, 9.17) is 4.42 Å². The predicted molar refractivity (Wildman–Crippen MR) is 98.2 cm³/mol. The monoisotopic (exact) mass is 353 g/mol. The molecule has 0 unspecified atom stereocenters. The molecule has 0 bridgehead atoms. The molecular weight excluding hydrogens is 331 g/mol. The van der Waals surface area contributed by atoms with Gasteiger partial charge in [0, 0.05) is 12.1 Å². The molecule has 3 aromatic rings. The van der Waals surface area contributed by atoms with Crippen LogP contribution in [0, 0.1) is 5.82 Å². The minimum Gasteiger partial charge on any atom is -0.451 e. The van der Waals surface area contributed by atoms with E-state index in [2.05, 4.69) is 31.5 Å². The molecule has 0 aliphatic rings. The SMILES string of the molecule is C[NH+](C)Cc1ccc(CNC(=O)c2ccc(-c3ccccc3F)o2)cc1. The lowest BCUT2D eigenvalue weighted by molar-refractivity contribution is -0.872. The van der Waals surface area contributed by atoms with Crippen LogP contribution in [0.4, 0.5) is 4.39 Å². The van der Waals surface area contributed by atoms with Crippen molar-refractivity contribution in [2.45, 2.75) is 13.1 Å². The highest BCUT2D eigenvalue weighted by molar-refractivity contribution is 5.92. The number of furan rings is 1. The van der Waals surface area contributed by atoms with Crippen molar-refractivity contribution in [1.29, 1.82) is 0 Å². The van der Waals surface area contributed by atoms with Crippen LogP contribution in [0.15, 0.2) is 65.1 Å². The Morgan fingerprint density at radius 2 is 1.69 bits per heavy atom. The lowest BCUT2D eigenvalue weighted by Crippen LogP contribution is -3.04. The number of benzene rings is 2. The predicted octanol–water partition coefficient (Wildman–Crippen LogP) is 2.66. The molecule has 0 aliphatic heterocycles. The van der Waals surface area contributed by atoms with Crippen molar-refractivity contribution in [2.24, 2.45) is 0 Å². The van der Waals surface area contributed by atoms with Crippen LogP contribution < -0.4 is 10.2 Å². The van der Waals surface area contributed by atoms with Gasteiger partial charge in [-0.15, -0.1) is 0 Å². The number of nitrogens with one attached hydrogen (secondary N) is 2. The summed E-state index contributed by atoms with van der Waals surface area (Å²) >= 11 is 0. The van der Waals surface area contributed by atoms with Gasteiger partial charge < -0.3 is 14.6 Å². The van der Waals surface area contributed by atoms with E-state index in [1.807, 2.05) is 12.1 Å². The van der Waals surface area contributed by atoms with Crippen LogP contribution >= 0.6 is 0 Å². The minimum atomic E-state index is -0.381. The van der Waals surface area contributed by atoms with Gasteiger partial charge in [-0.1, -0.05) is 36.4 Å². The largest absolute Gasteiger partial charge is 0.451 e. The molecule has 26 heavy (non-hydrogen) atoms. The summed E-state index contributed by atoms with van der Waals surface area (Å²) in [6, 6.07) is 17.6. The third-order valence-electron chi connectivity index (χ3n) is 4.00. The lowest BCUT2D eigenvalue weighted by atomic mass is 10.1. The summed E-state index contributed by atoms with van der Waals surface area (Å²) in [5.74, 6) is -0.206. The zero-order valence-electron chi connectivity index (χ0n) is 14.9. The van der Waals surface area contributed by atoms with Crippen molar-refractivity contribution >= 4 is 5.91 Å². The van der Waals surface area contributed by atoms with E-state index in [9.17, 15) is 9.18 Å². The van der Waals surface area contributed by atoms with Gasteiger partial charge in [-0.2, -0.15) is 0 Å². The summed E-state index contributed by atoms with van der Waals surface area (Å²) in [6.45, 7) is 1.36. The van der Waals surface area contributed by atoms with Gasteiger partial charge in [0.2, 0.25) is 0 Å². The Labute approximate surface area is 152 Å². The van der Waals surface area contributed by atoms with Crippen LogP contribution in [0.25, 0.3) is 11.3 Å². The number of hydrogen-bond donors (Lipinski definition) is 2. The number of quaternary nitrogens is 1. The zero-order chi connectivity index (χ0) is 18.5. The van der Waals surface area contributed by atoms with E-state index in [0.717, 1.165) is 12.1 Å². The maximum absolute atomic E-state index is 13.8. The third-order valence-corrected chi connectivity index (χ3v) is 4.00. The molecule has 2 N–H and O–H groups in total. The van der Waals surface area contributed by atoms with Gasteiger partial charge in [0.15, 0.2) is 5.76 Å². The summed E-state index contributed by atoms with van der Waals surface area (Å²) in [5.41, 5.74) is 2.60. The zero-order valence-corrected chi connectivity index (χ0v) is 14.9. The van der Waals surface area contributed by atoms with Crippen molar-refractivity contribution in [3.63, 3.8) is 0 Å². The first kappa shape index (κ1) is 17.9. The van der Waals surface area contributed by atoms with Crippen molar-refractivity contribution in [2.75, 3.05) is 14.1 Å². The summed E-state index contributed by atoms with van der Waals surface area (Å²) in [5, 5.41) is 2.82. The molecule has 0 aliphatic carbocycles. The van der Waals surface area contributed by atoms with Gasteiger partial charge in [-0.05, 0) is 29.8 Å². The molecule has 0 spiro atoms.